The average Bonchev–Trinajstić information content (AvgIpc) is 3.21. The maximum absolute atomic E-state index is 6.24. The highest BCUT2D eigenvalue weighted by Gasteiger charge is 2.31. The minimum absolute atomic E-state index is 0. The number of aryl methyl sites for hydroxylation is 1. The normalized spacial score (nSPS) is 19.7. The molecule has 0 aliphatic carbocycles. The first kappa shape index (κ1) is 19.9. The van der Waals surface area contributed by atoms with Crippen molar-refractivity contribution < 1.29 is 33.3 Å². The third-order valence-corrected chi connectivity index (χ3v) is 6.13. The Bertz CT molecular complexity index is 877. The predicted octanol–water partition coefficient (Wildman–Crippen LogP) is 0.887. The molecule has 2 aliphatic rings. The van der Waals surface area contributed by atoms with Crippen molar-refractivity contribution >= 4 is 40.2 Å². The molecule has 2 aromatic rings. The third kappa shape index (κ3) is 3.47. The summed E-state index contributed by atoms with van der Waals surface area (Å²) in [5.41, 5.74) is 2.38. The second-order valence-corrected chi connectivity index (χ2v) is 7.72. The predicted molar refractivity (Wildman–Crippen MR) is 105 cm³/mol. The molecule has 0 amide bonds. The number of benzene rings is 1. The molecule has 1 aromatic heterocycles. The second kappa shape index (κ2) is 8.44. The summed E-state index contributed by atoms with van der Waals surface area (Å²) in [6.45, 7) is 8.99. The van der Waals surface area contributed by atoms with Crippen LogP contribution in [0.2, 0.25) is 5.02 Å². The molecule has 140 valence electrons. The van der Waals surface area contributed by atoms with Crippen molar-refractivity contribution in [2.75, 3.05) is 25.4 Å². The van der Waals surface area contributed by atoms with Gasteiger partial charge in [-0.1, -0.05) is 11.6 Å². The van der Waals surface area contributed by atoms with Crippen LogP contribution in [0.1, 0.15) is 19.7 Å². The first-order chi connectivity index (χ1) is 12.2. The molecular formula is C19H23ClIN3OS. The molecule has 0 atom stereocenters. The van der Waals surface area contributed by atoms with Crippen LogP contribution in [-0.2, 0) is 17.8 Å². The number of aromatic nitrogens is 2. The highest BCUT2D eigenvalue weighted by Crippen LogP contribution is 2.29. The monoisotopic (exact) mass is 503 g/mol. The van der Waals surface area contributed by atoms with E-state index in [1.54, 1.807) is 0 Å². The Hall–Kier alpha value is -0.860. The van der Waals surface area contributed by atoms with Crippen molar-refractivity contribution in [1.82, 2.24) is 9.47 Å². The maximum Gasteiger partial charge on any atom is 0.325 e. The van der Waals surface area contributed by atoms with Crippen LogP contribution in [0.15, 0.2) is 35.4 Å². The zero-order valence-electron chi connectivity index (χ0n) is 15.0. The van der Waals surface area contributed by atoms with Crippen molar-refractivity contribution in [1.29, 1.82) is 0 Å². The van der Waals surface area contributed by atoms with Crippen LogP contribution in [0.3, 0.4) is 0 Å². The van der Waals surface area contributed by atoms with Crippen LogP contribution < -0.4 is 28.5 Å². The van der Waals surface area contributed by atoms with Crippen molar-refractivity contribution in [3.05, 3.63) is 46.2 Å². The van der Waals surface area contributed by atoms with E-state index in [4.69, 9.17) is 16.3 Å². The number of fused-ring (bicyclic) bond motifs is 3. The number of ether oxygens (including phenoxy) is 1. The SMILES string of the molecule is CCN1CCSC1=CC=C1OCC[n+]2c1n(CC)c1cc(Cl)ccc12.[I-]. The molecule has 0 radical (unpaired) electrons. The lowest BCUT2D eigenvalue weighted by Gasteiger charge is -2.16. The fourth-order valence-electron chi connectivity index (χ4n) is 3.64. The molecule has 0 spiro atoms. The number of allylic oxidation sites excluding steroid dienone is 2. The second-order valence-electron chi connectivity index (χ2n) is 6.16. The Kier molecular flexibility index (Phi) is 6.45. The molecule has 0 unspecified atom stereocenters. The number of hydrogen-bond donors (Lipinski definition) is 0. The minimum atomic E-state index is 0. The summed E-state index contributed by atoms with van der Waals surface area (Å²) in [7, 11) is 0. The molecule has 1 aromatic carbocycles. The van der Waals surface area contributed by atoms with E-state index >= 15 is 0 Å². The van der Waals surface area contributed by atoms with Gasteiger partial charge in [-0.2, -0.15) is 0 Å². The van der Waals surface area contributed by atoms with Crippen LogP contribution in [-0.4, -0.2) is 34.9 Å². The van der Waals surface area contributed by atoms with Crippen LogP contribution in [0.4, 0.5) is 0 Å². The molecule has 0 N–H and O–H groups in total. The van der Waals surface area contributed by atoms with Gasteiger partial charge in [0.1, 0.15) is 13.2 Å². The highest BCUT2D eigenvalue weighted by atomic mass is 127. The first-order valence-corrected chi connectivity index (χ1v) is 10.2. The van der Waals surface area contributed by atoms with Gasteiger partial charge in [-0.05, 0) is 38.1 Å². The summed E-state index contributed by atoms with van der Waals surface area (Å²) < 4.78 is 10.7. The molecule has 7 heteroatoms. The number of imidazole rings is 1. The fourth-order valence-corrected chi connectivity index (χ4v) is 4.89. The van der Waals surface area contributed by atoms with E-state index in [9.17, 15) is 0 Å². The van der Waals surface area contributed by atoms with E-state index in [0.717, 1.165) is 48.5 Å². The van der Waals surface area contributed by atoms with Crippen molar-refractivity contribution in [3.63, 3.8) is 0 Å². The Balaban J connectivity index is 0.00000196. The highest BCUT2D eigenvalue weighted by molar-refractivity contribution is 8.03. The molecule has 3 heterocycles. The molecule has 26 heavy (non-hydrogen) atoms. The van der Waals surface area contributed by atoms with Crippen LogP contribution >= 0.6 is 23.4 Å². The van der Waals surface area contributed by atoms with Gasteiger partial charge in [0.15, 0.2) is 11.0 Å². The standard InChI is InChI=1S/C19H23ClN3OS.HI/c1-3-21-10-12-25-18(21)8-7-17-19-22(4-2)16-13-14(20)5-6-15(16)23(19)9-11-24-17;/h5-8,13H,3-4,9-12H2,1-2H3;1H/q+1;/p-1. The summed E-state index contributed by atoms with van der Waals surface area (Å²) in [6, 6.07) is 6.13. The van der Waals surface area contributed by atoms with E-state index in [1.807, 2.05) is 23.9 Å². The molecule has 2 aliphatic heterocycles. The zero-order valence-corrected chi connectivity index (χ0v) is 18.8. The van der Waals surface area contributed by atoms with Gasteiger partial charge in [-0.25, -0.2) is 9.13 Å². The Morgan fingerprint density at radius 2 is 2.12 bits per heavy atom. The van der Waals surface area contributed by atoms with Gasteiger partial charge in [0.2, 0.25) is 5.76 Å². The maximum atomic E-state index is 6.24. The summed E-state index contributed by atoms with van der Waals surface area (Å²) in [5.74, 6) is 3.24. The molecule has 4 nitrogen and oxygen atoms in total. The number of thioether (sulfide) groups is 1. The summed E-state index contributed by atoms with van der Waals surface area (Å²) >= 11 is 8.16. The lowest BCUT2D eigenvalue weighted by molar-refractivity contribution is -0.682. The lowest BCUT2D eigenvalue weighted by atomic mass is 10.3. The molecule has 0 saturated carbocycles. The van der Waals surface area contributed by atoms with Gasteiger partial charge < -0.3 is 33.6 Å². The minimum Gasteiger partial charge on any atom is -1.00 e. The van der Waals surface area contributed by atoms with Crippen molar-refractivity contribution in [3.8, 4) is 0 Å². The third-order valence-electron chi connectivity index (χ3n) is 4.82. The van der Waals surface area contributed by atoms with Gasteiger partial charge in [0.05, 0.1) is 11.6 Å². The quantitative estimate of drug-likeness (QED) is 0.459. The molecular weight excluding hydrogens is 481 g/mol. The lowest BCUT2D eigenvalue weighted by Crippen LogP contribution is -3.00. The molecule has 1 fully saturated rings. The summed E-state index contributed by atoms with van der Waals surface area (Å²) in [6.07, 6.45) is 4.34. The number of hydrogen-bond acceptors (Lipinski definition) is 3. The van der Waals surface area contributed by atoms with E-state index < -0.39 is 0 Å². The largest absolute Gasteiger partial charge is 1.00 e. The van der Waals surface area contributed by atoms with Crippen molar-refractivity contribution in [2.24, 2.45) is 0 Å². The molecule has 0 bridgehead atoms. The van der Waals surface area contributed by atoms with Crippen LogP contribution in [0, 0.1) is 0 Å². The summed E-state index contributed by atoms with van der Waals surface area (Å²) in [5, 5.41) is 2.10. The van der Waals surface area contributed by atoms with Gasteiger partial charge in [0.25, 0.3) is 0 Å². The Morgan fingerprint density at radius 3 is 2.88 bits per heavy atom. The van der Waals surface area contributed by atoms with E-state index in [0.29, 0.717) is 6.61 Å². The number of nitrogens with zero attached hydrogens (tertiary/aromatic N) is 3. The fraction of sp³-hybridized carbons (Fsp3) is 0.421. The van der Waals surface area contributed by atoms with Crippen LogP contribution in [0.5, 0.6) is 0 Å². The number of rotatable bonds is 3. The Morgan fingerprint density at radius 1 is 1.27 bits per heavy atom. The number of halogens is 2. The van der Waals surface area contributed by atoms with E-state index in [-0.39, 0.29) is 24.0 Å². The molecule has 4 rings (SSSR count). The van der Waals surface area contributed by atoms with Gasteiger partial charge >= 0.3 is 5.82 Å². The Labute approximate surface area is 180 Å². The van der Waals surface area contributed by atoms with Crippen LogP contribution in [0.25, 0.3) is 16.8 Å². The zero-order chi connectivity index (χ0) is 17.4. The van der Waals surface area contributed by atoms with E-state index in [1.165, 1.54) is 16.1 Å². The van der Waals surface area contributed by atoms with Gasteiger partial charge in [-0.3, -0.25) is 0 Å². The average molecular weight is 504 g/mol. The van der Waals surface area contributed by atoms with Crippen molar-refractivity contribution in [2.45, 2.75) is 26.9 Å². The first-order valence-electron chi connectivity index (χ1n) is 8.87. The van der Waals surface area contributed by atoms with Gasteiger partial charge in [-0.15, -0.1) is 11.8 Å². The van der Waals surface area contributed by atoms with Gasteiger partial charge in [0, 0.05) is 29.9 Å². The smallest absolute Gasteiger partial charge is 0.325 e. The topological polar surface area (TPSA) is 21.3 Å². The van der Waals surface area contributed by atoms with E-state index in [2.05, 4.69) is 46.1 Å². The molecule has 1 saturated heterocycles. The summed E-state index contributed by atoms with van der Waals surface area (Å²) in [4.78, 5) is 2.41.